The molecular weight excluding hydrogens is 375 g/mol. The normalized spacial score (nSPS) is 19.4. The van der Waals surface area contributed by atoms with Crippen LogP contribution in [-0.4, -0.2) is 37.4 Å². The third-order valence-corrected chi connectivity index (χ3v) is 4.77. The summed E-state index contributed by atoms with van der Waals surface area (Å²) in [4.78, 5) is 19.7. The predicted octanol–water partition coefficient (Wildman–Crippen LogP) is 3.04. The third kappa shape index (κ3) is 3.55. The Bertz CT molecular complexity index is 1030. The number of carbonyl (C=O) groups is 1. The number of amides is 1. The molecule has 3 aromatic heterocycles. The van der Waals surface area contributed by atoms with Crippen LogP contribution in [0.25, 0.3) is 10.9 Å². The molecule has 3 heterocycles. The van der Waals surface area contributed by atoms with Gasteiger partial charge in [-0.05, 0) is 37.0 Å². The molecule has 146 valence electrons. The average Bonchev–Trinajstić information content (AvgIpc) is 3.03. The van der Waals surface area contributed by atoms with Crippen LogP contribution in [0.15, 0.2) is 36.7 Å². The van der Waals surface area contributed by atoms with Gasteiger partial charge >= 0.3 is 6.18 Å². The van der Waals surface area contributed by atoms with E-state index in [9.17, 15) is 18.0 Å². The van der Waals surface area contributed by atoms with Gasteiger partial charge < -0.3 is 10.4 Å². The molecule has 1 aliphatic rings. The molecule has 28 heavy (non-hydrogen) atoms. The molecule has 1 amide bonds. The first-order valence-electron chi connectivity index (χ1n) is 8.65. The smallest absolute Gasteiger partial charge is 0.396 e. The minimum Gasteiger partial charge on any atom is -0.396 e. The number of rotatable bonds is 4. The fourth-order valence-corrected chi connectivity index (χ4v) is 3.17. The molecule has 0 unspecified atom stereocenters. The van der Waals surface area contributed by atoms with Crippen molar-refractivity contribution in [3.63, 3.8) is 0 Å². The van der Waals surface area contributed by atoms with Crippen LogP contribution in [0.1, 0.15) is 35.1 Å². The number of carbonyl (C=O) groups excluding carboxylic acids is 1. The number of fused-ring (bicyclic) bond motifs is 1. The molecular formula is C18H16F3N5O2. The van der Waals surface area contributed by atoms with Crippen LogP contribution < -0.4 is 5.32 Å². The number of nitrogens with one attached hydrogen (secondary N) is 1. The van der Waals surface area contributed by atoms with Crippen molar-refractivity contribution in [2.45, 2.75) is 25.1 Å². The lowest BCUT2D eigenvalue weighted by atomic mass is 9.81. The van der Waals surface area contributed by atoms with Crippen molar-refractivity contribution in [1.82, 2.24) is 19.7 Å². The maximum Gasteiger partial charge on any atom is 0.433 e. The maximum absolute atomic E-state index is 12.8. The number of halogens is 3. The van der Waals surface area contributed by atoms with Gasteiger partial charge in [0.2, 0.25) is 0 Å². The zero-order valence-corrected chi connectivity index (χ0v) is 14.5. The first-order valence-corrected chi connectivity index (χ1v) is 8.65. The van der Waals surface area contributed by atoms with E-state index in [1.54, 1.807) is 6.07 Å². The summed E-state index contributed by atoms with van der Waals surface area (Å²) in [6.07, 6.45) is 0.390. The van der Waals surface area contributed by atoms with E-state index < -0.39 is 17.8 Å². The fourth-order valence-electron chi connectivity index (χ4n) is 3.17. The Morgan fingerprint density at radius 1 is 1.32 bits per heavy atom. The number of aliphatic hydroxyl groups is 1. The highest BCUT2D eigenvalue weighted by Crippen LogP contribution is 2.37. The van der Waals surface area contributed by atoms with Crippen LogP contribution in [-0.2, 0) is 6.18 Å². The first kappa shape index (κ1) is 18.4. The topological polar surface area (TPSA) is 92.9 Å². The standard InChI is InChI=1S/C18H16F3N5O2/c19-18(20,21)15-3-1-2-13(23-15)17(28)24-16-6-11-8-26(25-14(11)7-22-16)12-4-10(5-12)9-27/h1-3,6-8,10,12,27H,4-5,9H2,(H,24,28)/t10-,12-. The van der Waals surface area contributed by atoms with Gasteiger partial charge in [0, 0.05) is 18.2 Å². The van der Waals surface area contributed by atoms with Gasteiger partial charge in [-0.15, -0.1) is 0 Å². The van der Waals surface area contributed by atoms with Crippen molar-refractivity contribution in [2.24, 2.45) is 5.92 Å². The third-order valence-electron chi connectivity index (χ3n) is 4.77. The number of alkyl halides is 3. The molecule has 0 bridgehead atoms. The number of hydrogen-bond donors (Lipinski definition) is 2. The maximum atomic E-state index is 12.8. The van der Waals surface area contributed by atoms with Crippen LogP contribution >= 0.6 is 0 Å². The minimum atomic E-state index is -4.63. The molecule has 2 N–H and O–H groups in total. The average molecular weight is 391 g/mol. The largest absolute Gasteiger partial charge is 0.433 e. The van der Waals surface area contributed by atoms with E-state index >= 15 is 0 Å². The molecule has 10 heteroatoms. The zero-order valence-electron chi connectivity index (χ0n) is 14.5. The zero-order chi connectivity index (χ0) is 19.9. The van der Waals surface area contributed by atoms with Gasteiger partial charge in [0.25, 0.3) is 5.91 Å². The number of nitrogens with zero attached hydrogens (tertiary/aromatic N) is 4. The van der Waals surface area contributed by atoms with Gasteiger partial charge in [0.15, 0.2) is 0 Å². The molecule has 0 saturated heterocycles. The lowest BCUT2D eigenvalue weighted by Crippen LogP contribution is -2.29. The van der Waals surface area contributed by atoms with Crippen molar-refractivity contribution >= 4 is 22.6 Å². The highest BCUT2D eigenvalue weighted by molar-refractivity contribution is 6.03. The van der Waals surface area contributed by atoms with E-state index in [-0.39, 0.29) is 24.2 Å². The van der Waals surface area contributed by atoms with Crippen molar-refractivity contribution in [3.8, 4) is 0 Å². The van der Waals surface area contributed by atoms with Crippen LogP contribution in [0.2, 0.25) is 0 Å². The van der Waals surface area contributed by atoms with Crippen LogP contribution in [0, 0.1) is 5.92 Å². The lowest BCUT2D eigenvalue weighted by Gasteiger charge is -2.33. The number of aliphatic hydroxyl groups excluding tert-OH is 1. The van der Waals surface area contributed by atoms with E-state index in [2.05, 4.69) is 20.4 Å². The van der Waals surface area contributed by atoms with E-state index in [1.165, 1.54) is 12.3 Å². The molecule has 1 saturated carbocycles. The molecule has 0 aromatic carbocycles. The highest BCUT2D eigenvalue weighted by atomic mass is 19.4. The summed E-state index contributed by atoms with van der Waals surface area (Å²) in [5.41, 5.74) is -0.842. The molecule has 0 radical (unpaired) electrons. The number of hydrogen-bond acceptors (Lipinski definition) is 5. The molecule has 0 spiro atoms. The Kier molecular flexibility index (Phi) is 4.50. The number of anilines is 1. The summed E-state index contributed by atoms with van der Waals surface area (Å²) >= 11 is 0. The van der Waals surface area contributed by atoms with Crippen LogP contribution in [0.3, 0.4) is 0 Å². The van der Waals surface area contributed by atoms with E-state index in [1.807, 2.05) is 10.9 Å². The number of aromatic nitrogens is 4. The second kappa shape index (κ2) is 6.86. The molecule has 4 rings (SSSR count). The molecule has 1 fully saturated rings. The lowest BCUT2D eigenvalue weighted by molar-refractivity contribution is -0.141. The first-order chi connectivity index (χ1) is 13.3. The van der Waals surface area contributed by atoms with Gasteiger partial charge in [0.05, 0.1) is 12.2 Å². The fraction of sp³-hybridized carbons (Fsp3) is 0.333. The Balaban J connectivity index is 1.51. The minimum absolute atomic E-state index is 0.165. The summed E-state index contributed by atoms with van der Waals surface area (Å²) in [6.45, 7) is 0.165. The quantitative estimate of drug-likeness (QED) is 0.713. The Morgan fingerprint density at radius 2 is 2.11 bits per heavy atom. The molecule has 0 aliphatic heterocycles. The van der Waals surface area contributed by atoms with E-state index in [0.29, 0.717) is 11.4 Å². The van der Waals surface area contributed by atoms with Crippen LogP contribution in [0.5, 0.6) is 0 Å². The molecule has 1 aliphatic carbocycles. The van der Waals surface area contributed by atoms with Gasteiger partial charge in [0.1, 0.15) is 22.7 Å². The highest BCUT2D eigenvalue weighted by Gasteiger charge is 2.33. The summed E-state index contributed by atoms with van der Waals surface area (Å²) in [5, 5.41) is 16.8. The summed E-state index contributed by atoms with van der Waals surface area (Å²) in [5.74, 6) is -0.293. The Labute approximate surface area is 157 Å². The van der Waals surface area contributed by atoms with Gasteiger partial charge in [-0.25, -0.2) is 9.97 Å². The van der Waals surface area contributed by atoms with Crippen molar-refractivity contribution in [2.75, 3.05) is 11.9 Å². The Morgan fingerprint density at radius 3 is 2.82 bits per heavy atom. The Hall–Kier alpha value is -3.01. The van der Waals surface area contributed by atoms with Gasteiger partial charge in [-0.3, -0.25) is 9.48 Å². The summed E-state index contributed by atoms with van der Waals surface area (Å²) < 4.78 is 40.1. The second-order valence-electron chi connectivity index (χ2n) is 6.77. The number of pyridine rings is 2. The SMILES string of the molecule is O=C(Nc1cc2cn([C@H]3C[C@H](CO)C3)nc2cn1)c1cccc(C(F)(F)F)n1. The predicted molar refractivity (Wildman–Crippen MR) is 93.6 cm³/mol. The molecule has 0 atom stereocenters. The second-order valence-corrected chi connectivity index (χ2v) is 6.77. The van der Waals surface area contributed by atoms with Crippen molar-refractivity contribution in [1.29, 1.82) is 0 Å². The van der Waals surface area contributed by atoms with Gasteiger partial charge in [-0.1, -0.05) is 6.07 Å². The monoisotopic (exact) mass is 391 g/mol. The van der Waals surface area contributed by atoms with E-state index in [0.717, 1.165) is 30.4 Å². The van der Waals surface area contributed by atoms with E-state index in [4.69, 9.17) is 5.11 Å². The summed E-state index contributed by atoms with van der Waals surface area (Å²) in [7, 11) is 0. The summed E-state index contributed by atoms with van der Waals surface area (Å²) in [6, 6.07) is 4.96. The van der Waals surface area contributed by atoms with Gasteiger partial charge in [-0.2, -0.15) is 18.3 Å². The molecule has 7 nitrogen and oxygen atoms in total. The van der Waals surface area contributed by atoms with Crippen molar-refractivity contribution in [3.05, 3.63) is 48.0 Å². The van der Waals surface area contributed by atoms with Crippen molar-refractivity contribution < 1.29 is 23.1 Å². The molecule has 3 aromatic rings. The van der Waals surface area contributed by atoms with Crippen LogP contribution in [0.4, 0.5) is 19.0 Å².